The molecule has 0 saturated carbocycles. The molecule has 1 rings (SSSR count). The molecule has 0 aliphatic carbocycles. The number of rotatable bonds is 4. The van der Waals surface area contributed by atoms with Crippen LogP contribution in [0.1, 0.15) is 26.5 Å². The number of carboxylic acids is 2. The van der Waals surface area contributed by atoms with Gasteiger partial charge >= 0.3 is 11.9 Å². The maximum absolute atomic E-state index is 10.8. The van der Waals surface area contributed by atoms with Gasteiger partial charge < -0.3 is 25.7 Å². The lowest BCUT2D eigenvalue weighted by molar-refractivity contribution is -0.152. The van der Waals surface area contributed by atoms with E-state index < -0.39 is 49.8 Å². The molecule has 7 nitrogen and oxygen atoms in total. The van der Waals surface area contributed by atoms with Crippen LogP contribution in [-0.4, -0.2) is 59.0 Å². The van der Waals surface area contributed by atoms with Crippen molar-refractivity contribution in [1.29, 1.82) is 4.29 Å². The van der Waals surface area contributed by atoms with Crippen LogP contribution in [0.3, 0.4) is 0 Å². The van der Waals surface area contributed by atoms with Crippen LogP contribution in [0, 0.1) is 0 Å². The monoisotopic (exact) mass is 270 g/mol. The highest BCUT2D eigenvalue weighted by atomic mass is 35.5. The van der Waals surface area contributed by atoms with Crippen LogP contribution in [-0.2, 0) is 9.59 Å². The fourth-order valence-corrected chi connectivity index (χ4v) is 0.356. The molecule has 1 saturated heterocycles. The summed E-state index contributed by atoms with van der Waals surface area (Å²) >= 11 is 0. The van der Waals surface area contributed by atoms with E-state index in [2.05, 4.69) is 15.3 Å². The van der Waals surface area contributed by atoms with Crippen molar-refractivity contribution in [3.05, 3.63) is 0 Å². The van der Waals surface area contributed by atoms with Crippen LogP contribution in [0.15, 0.2) is 0 Å². The molecule has 1 aliphatic rings. The van der Waals surface area contributed by atoms with Gasteiger partial charge in [-0.05, 0) is 12.9 Å². The number of halogens is 1. The van der Waals surface area contributed by atoms with Gasteiger partial charge in [-0.2, -0.15) is 0 Å². The van der Waals surface area contributed by atoms with Gasteiger partial charge in [-0.3, -0.25) is 4.79 Å². The minimum atomic E-state index is -3.45. The standard InChI is InChI=1S/C4H9NO.C4H6O5.ClH/c6-4-1-2-5-3-4;5-2(4(8)9)1-3(6)7;/h4-6H,1-3H2;2,5H,1H2,(H,6,7)(H,8,9);1H/t4-;2-;/m00./s1/i1D2,2D2,3D2,4D;1D2,2D,5D;/hD2. The first kappa shape index (κ1) is 4.41. The molecule has 96 valence electrons. The van der Waals surface area contributed by atoms with Gasteiger partial charge in [0, 0.05) is 17.5 Å². The van der Waals surface area contributed by atoms with Gasteiger partial charge in [0.05, 0.1) is 15.2 Å². The molecular formula is C8H16ClNO6. The molecule has 0 aromatic rings. The summed E-state index contributed by atoms with van der Waals surface area (Å²) < 4.78 is 89.1. The first-order valence-electron chi connectivity index (χ1n) is 9.47. The summed E-state index contributed by atoms with van der Waals surface area (Å²) in [6.45, 7) is -5.59. The second kappa shape index (κ2) is 9.34. The van der Waals surface area contributed by atoms with E-state index in [9.17, 15) is 14.7 Å². The first-order valence-corrected chi connectivity index (χ1v) is 3.24. The lowest BCUT2D eigenvalue weighted by Gasteiger charge is -1.97. The molecule has 2 atom stereocenters. The van der Waals surface area contributed by atoms with Crippen LogP contribution in [0.4, 0.5) is 0 Å². The van der Waals surface area contributed by atoms with Crippen molar-refractivity contribution in [3.8, 4) is 0 Å². The van der Waals surface area contributed by atoms with Gasteiger partial charge in [0.2, 0.25) is 1.43 Å². The second-order valence-corrected chi connectivity index (χ2v) is 1.88. The molecule has 0 radical (unpaired) electrons. The van der Waals surface area contributed by atoms with E-state index in [1.807, 2.05) is 0 Å². The normalized spacial score (nSPS) is 48.2. The third-order valence-electron chi connectivity index (χ3n) is 0.825. The Labute approximate surface area is 117 Å². The van der Waals surface area contributed by atoms with Crippen LogP contribution in [0.25, 0.3) is 2.86 Å². The van der Waals surface area contributed by atoms with Crippen LogP contribution in [0.5, 0.6) is 0 Å². The number of carbonyl (C=O) groups is 2. The quantitative estimate of drug-likeness (QED) is 0.428. The summed E-state index contributed by atoms with van der Waals surface area (Å²) in [5.74, 6) is -3.84. The summed E-state index contributed by atoms with van der Waals surface area (Å²) in [5.41, 5.74) is 0. The summed E-state index contributed by atoms with van der Waals surface area (Å²) in [7, 11) is 0. The maximum Gasteiger partial charge on any atom is 0.333 e. The molecule has 16 heavy (non-hydrogen) atoms. The minimum Gasteiger partial charge on any atom is -0.481 e. The van der Waals surface area contributed by atoms with Gasteiger partial charge in [-0.25, -0.2) is 4.79 Å². The summed E-state index contributed by atoms with van der Waals surface area (Å²) in [6, 6.07) is 0. The Balaban J connectivity index is 0. The van der Waals surface area contributed by atoms with E-state index >= 15 is 0 Å². The number of nitrogens with one attached hydrogen (secondary N) is 1. The lowest BCUT2D eigenvalue weighted by Crippen LogP contribution is -2.22. The van der Waals surface area contributed by atoms with Gasteiger partial charge in [-0.15, -0.1) is 12.4 Å². The fraction of sp³-hybridized carbons (Fsp3) is 0.750. The van der Waals surface area contributed by atoms with E-state index in [1.165, 1.54) is 0 Å². The zero-order chi connectivity index (χ0) is 23.0. The molecule has 0 amide bonds. The highest BCUT2D eigenvalue weighted by molar-refractivity contribution is 5.85. The average Bonchev–Trinajstić information content (AvgIpc) is 2.66. The van der Waals surface area contributed by atoms with Crippen LogP contribution >= 0.6 is 12.4 Å². The number of β-amino-alcohol motifs (C(OH)–C–C–N with tert-alkyl or cyclic N) is 1. The van der Waals surface area contributed by atoms with Crippen LogP contribution in [0.2, 0.25) is 0 Å². The van der Waals surface area contributed by atoms with Crippen molar-refractivity contribution < 1.29 is 43.7 Å². The van der Waals surface area contributed by atoms with E-state index in [1.54, 1.807) is 5.32 Å². The van der Waals surface area contributed by atoms with E-state index in [4.69, 9.17) is 18.0 Å². The summed E-state index contributed by atoms with van der Waals surface area (Å²) in [4.78, 5) is 21.5. The smallest absolute Gasteiger partial charge is 0.333 e. The Hall–Kier alpha value is -0.890. The molecule has 0 bridgehead atoms. The molecule has 1 fully saturated rings. The highest BCUT2D eigenvalue weighted by Gasteiger charge is 2.16. The molecule has 1 heterocycles. The third-order valence-corrected chi connectivity index (χ3v) is 0.825. The van der Waals surface area contributed by atoms with Gasteiger partial charge in [0.15, 0.2) is 6.08 Å². The molecular weight excluding hydrogens is 242 g/mol. The fourth-order valence-electron chi connectivity index (χ4n) is 0.356. The van der Waals surface area contributed by atoms with Gasteiger partial charge in [0.1, 0.15) is 0 Å². The number of hydrogen-bond donors (Lipinski definition) is 5. The maximum atomic E-state index is 10.8. The topological polar surface area (TPSA) is 127 Å². The van der Waals surface area contributed by atoms with Crippen LogP contribution < -0.4 is 5.32 Å². The Bertz CT molecular complexity index is 594. The summed E-state index contributed by atoms with van der Waals surface area (Å²) in [6.07, 6.45) is -13.0. The van der Waals surface area contributed by atoms with Crippen molar-refractivity contribution in [1.82, 2.24) is 5.32 Å². The molecule has 1 aliphatic heterocycles. The Kier molecular flexibility index (Phi) is 2.58. The molecule has 0 spiro atoms. The zero-order valence-electron chi connectivity index (χ0n) is 20.4. The minimum absolute atomic E-state index is 0. The molecule has 0 unspecified atom stereocenters. The molecule has 8 heteroatoms. The molecule has 0 aromatic heterocycles. The zero-order valence-corrected chi connectivity index (χ0v) is 8.21. The molecule has 0 aromatic carbocycles. The second-order valence-electron chi connectivity index (χ2n) is 1.88. The van der Waals surface area contributed by atoms with Crippen molar-refractivity contribution in [2.24, 2.45) is 0 Å². The predicted molar refractivity (Wildman–Crippen MR) is 56.6 cm³/mol. The number of aliphatic carboxylic acids is 2. The number of hydrogen-bond acceptors (Lipinski definition) is 7. The van der Waals surface area contributed by atoms with E-state index in [-0.39, 0.29) is 12.4 Å². The first-order chi connectivity index (χ1) is 12.2. The Morgan fingerprint density at radius 3 is 2.81 bits per heavy atom. The highest BCUT2D eigenvalue weighted by Crippen LogP contribution is 1.93. The number of carboxylic acid groups (broad SMARTS) is 2. The number of aliphatic hydroxyl groups is 2. The van der Waals surface area contributed by atoms with E-state index in [0.717, 1.165) is 0 Å². The van der Waals surface area contributed by atoms with Crippen molar-refractivity contribution in [3.63, 3.8) is 0 Å². The Morgan fingerprint density at radius 1 is 1.75 bits per heavy atom. The SMILES string of the molecule is Cl.[2H]C1([2H])NC([2H])([2H])[C@@]([2H])(O)C1([2H])[2H].[2H]OC(=O)C([2H])([2H])[C@]([2H])(O[2H])C(=O)O[2H]. The third kappa shape index (κ3) is 9.66. The predicted octanol–water partition coefficient (Wildman–Crippen LogP) is -1.33. The average molecular weight is 271 g/mol. The molecule has 5 N–H and O–H groups in total. The van der Waals surface area contributed by atoms with Gasteiger partial charge in [0.25, 0.3) is 2.86 Å². The summed E-state index contributed by atoms with van der Waals surface area (Å²) in [5, 5.41) is 20.7. The largest absolute Gasteiger partial charge is 0.481 e. The Morgan fingerprint density at radius 2 is 2.50 bits per heavy atom. The van der Waals surface area contributed by atoms with Crippen molar-refractivity contribution in [2.75, 3.05) is 13.0 Å². The van der Waals surface area contributed by atoms with Crippen molar-refractivity contribution >= 4 is 24.3 Å². The van der Waals surface area contributed by atoms with E-state index in [0.29, 0.717) is 0 Å². The van der Waals surface area contributed by atoms with Gasteiger partial charge in [-0.1, -0.05) is 0 Å². The van der Waals surface area contributed by atoms with Crippen molar-refractivity contribution in [2.45, 2.75) is 24.9 Å². The lowest BCUT2D eigenvalue weighted by atomic mass is 10.3.